The molecule has 0 fully saturated rings. The van der Waals surface area contributed by atoms with Crippen molar-refractivity contribution >= 4 is 54.3 Å². The van der Waals surface area contributed by atoms with Crippen LogP contribution < -0.4 is 0 Å². The molecule has 0 saturated heterocycles. The molecule has 1 aromatic heterocycles. The fourth-order valence-electron chi connectivity index (χ4n) is 2.83. The van der Waals surface area contributed by atoms with E-state index in [1.165, 1.54) is 0 Å². The number of fused-ring (bicyclic) bond motifs is 6. The van der Waals surface area contributed by atoms with Crippen LogP contribution in [-0.4, -0.2) is 9.97 Å². The fourth-order valence-corrected chi connectivity index (χ4v) is 3.19. The minimum atomic E-state index is 0.0432. The summed E-state index contributed by atoms with van der Waals surface area (Å²) in [5.41, 5.74) is 1.36. The van der Waals surface area contributed by atoms with E-state index in [2.05, 4.69) is 30.7 Å². The zero-order valence-electron chi connectivity index (χ0n) is 11.7. The molecule has 0 aliphatic heterocycles. The van der Waals surface area contributed by atoms with Crippen molar-refractivity contribution in [3.63, 3.8) is 0 Å². The van der Waals surface area contributed by atoms with E-state index < -0.39 is 0 Å². The Morgan fingerprint density at radius 3 is 2.39 bits per heavy atom. The first-order valence-corrected chi connectivity index (χ1v) is 7.61. The molecule has 3 aromatic carbocycles. The summed E-state index contributed by atoms with van der Waals surface area (Å²) in [5.74, 6) is 0.0432. The zero-order valence-corrected chi connectivity index (χ0v) is 13.3. The largest absolute Gasteiger partial charge is 0.358 e. The monoisotopic (exact) mass is 358 g/mol. The summed E-state index contributed by atoms with van der Waals surface area (Å²) >= 11 is 3.50. The zero-order chi connectivity index (χ0) is 16.0. The van der Waals surface area contributed by atoms with Crippen LogP contribution in [0, 0.1) is 17.9 Å². The summed E-state index contributed by atoms with van der Waals surface area (Å²) in [6, 6.07) is 15.8. The molecule has 4 rings (SSSR count). The van der Waals surface area contributed by atoms with E-state index >= 15 is 0 Å². The number of nitrogens with zero attached hydrogens (tertiary/aromatic N) is 4. The quantitative estimate of drug-likeness (QED) is 0.323. The fraction of sp³-hybridized carbons (Fsp3) is 0. The van der Waals surface area contributed by atoms with E-state index in [0.29, 0.717) is 11.0 Å². The third-order valence-electron chi connectivity index (χ3n) is 3.80. The van der Waals surface area contributed by atoms with Crippen LogP contribution in [0.3, 0.4) is 0 Å². The van der Waals surface area contributed by atoms with Gasteiger partial charge in [-0.3, -0.25) is 0 Å². The second-order valence-electron chi connectivity index (χ2n) is 5.05. The van der Waals surface area contributed by atoms with Crippen LogP contribution in [0.4, 0.5) is 5.82 Å². The van der Waals surface area contributed by atoms with Gasteiger partial charge in [0.15, 0.2) is 11.2 Å². The molecule has 0 radical (unpaired) electrons. The summed E-state index contributed by atoms with van der Waals surface area (Å²) < 4.78 is 0.973. The van der Waals surface area contributed by atoms with Crippen molar-refractivity contribution in [2.45, 2.75) is 0 Å². The Hall–Kier alpha value is -3.02. The number of hydrogen-bond acceptors (Lipinski definition) is 3. The Morgan fingerprint density at radius 1 is 0.957 bits per heavy atom. The van der Waals surface area contributed by atoms with Gasteiger partial charge < -0.3 is 4.85 Å². The standard InChI is InChI=1S/C18H7BrN4/c1-21-18-15(9-20)22-16-13-7-6-10(19)8-14(13)11-4-2-3-5-12(11)17(16)23-18/h2-8H. The maximum Gasteiger partial charge on any atom is 0.307 e. The highest BCUT2D eigenvalue weighted by atomic mass is 79.9. The summed E-state index contributed by atoms with van der Waals surface area (Å²) in [7, 11) is 0. The summed E-state index contributed by atoms with van der Waals surface area (Å²) in [6.45, 7) is 7.23. The van der Waals surface area contributed by atoms with Gasteiger partial charge in [-0.2, -0.15) is 5.26 Å². The Morgan fingerprint density at radius 2 is 1.65 bits per heavy atom. The van der Waals surface area contributed by atoms with E-state index in [4.69, 9.17) is 6.57 Å². The Bertz CT molecular complexity index is 1200. The predicted molar refractivity (Wildman–Crippen MR) is 93.2 cm³/mol. The molecule has 106 valence electrons. The number of benzene rings is 3. The molecular formula is C18H7BrN4. The van der Waals surface area contributed by atoms with Gasteiger partial charge in [-0.25, -0.2) is 4.98 Å². The summed E-state index contributed by atoms with van der Waals surface area (Å²) in [6.07, 6.45) is 0. The molecule has 0 atom stereocenters. The minimum Gasteiger partial charge on any atom is -0.358 e. The Balaban J connectivity index is 2.38. The maximum atomic E-state index is 9.24. The van der Waals surface area contributed by atoms with E-state index in [0.717, 1.165) is 26.0 Å². The van der Waals surface area contributed by atoms with Crippen molar-refractivity contribution in [1.29, 1.82) is 5.26 Å². The van der Waals surface area contributed by atoms with Gasteiger partial charge in [0, 0.05) is 15.2 Å². The van der Waals surface area contributed by atoms with E-state index in [-0.39, 0.29) is 11.5 Å². The maximum absolute atomic E-state index is 9.24. The highest BCUT2D eigenvalue weighted by Crippen LogP contribution is 2.35. The smallest absolute Gasteiger partial charge is 0.307 e. The number of nitriles is 1. The first kappa shape index (κ1) is 13.6. The van der Waals surface area contributed by atoms with Gasteiger partial charge in [0.05, 0.1) is 0 Å². The summed E-state index contributed by atoms with van der Waals surface area (Å²) in [4.78, 5) is 12.2. The van der Waals surface area contributed by atoms with E-state index in [1.807, 2.05) is 48.5 Å². The van der Waals surface area contributed by atoms with Crippen LogP contribution in [0.25, 0.3) is 37.4 Å². The van der Waals surface area contributed by atoms with Crippen molar-refractivity contribution in [3.8, 4) is 6.07 Å². The average molecular weight is 359 g/mol. The lowest BCUT2D eigenvalue weighted by atomic mass is 9.99. The molecule has 0 bridgehead atoms. The highest BCUT2D eigenvalue weighted by Gasteiger charge is 2.17. The second kappa shape index (κ2) is 5.01. The van der Waals surface area contributed by atoms with Gasteiger partial charge in [-0.05, 0) is 29.0 Å². The average Bonchev–Trinajstić information content (AvgIpc) is 2.60. The molecule has 4 nitrogen and oxygen atoms in total. The molecule has 0 saturated carbocycles. The molecule has 23 heavy (non-hydrogen) atoms. The third-order valence-corrected chi connectivity index (χ3v) is 4.29. The van der Waals surface area contributed by atoms with Gasteiger partial charge in [-0.15, -0.1) is 4.98 Å². The Labute approximate surface area is 140 Å². The first-order valence-electron chi connectivity index (χ1n) is 6.82. The lowest BCUT2D eigenvalue weighted by molar-refractivity contribution is 1.27. The normalized spacial score (nSPS) is 10.7. The molecule has 0 aliphatic rings. The van der Waals surface area contributed by atoms with Gasteiger partial charge in [0.1, 0.15) is 11.6 Å². The number of aromatic nitrogens is 2. The lowest BCUT2D eigenvalue weighted by Gasteiger charge is -2.08. The third kappa shape index (κ3) is 1.95. The predicted octanol–water partition coefficient (Wildman–Crippen LogP) is 5.12. The topological polar surface area (TPSA) is 53.9 Å². The second-order valence-corrected chi connectivity index (χ2v) is 5.97. The van der Waals surface area contributed by atoms with Crippen molar-refractivity contribution in [1.82, 2.24) is 9.97 Å². The number of hydrogen-bond donors (Lipinski definition) is 0. The van der Waals surface area contributed by atoms with Crippen LogP contribution in [-0.2, 0) is 0 Å². The first-order chi connectivity index (χ1) is 11.2. The van der Waals surface area contributed by atoms with Gasteiger partial charge in [-0.1, -0.05) is 46.8 Å². The molecule has 5 heteroatoms. The molecule has 4 aromatic rings. The van der Waals surface area contributed by atoms with Crippen LogP contribution in [0.1, 0.15) is 5.69 Å². The molecule has 0 N–H and O–H groups in total. The Kier molecular flexibility index (Phi) is 2.97. The van der Waals surface area contributed by atoms with Gasteiger partial charge in [0.25, 0.3) is 0 Å². The lowest BCUT2D eigenvalue weighted by Crippen LogP contribution is -1.93. The van der Waals surface area contributed by atoms with E-state index in [9.17, 15) is 5.26 Å². The molecule has 0 aliphatic carbocycles. The van der Waals surface area contributed by atoms with Crippen molar-refractivity contribution in [2.24, 2.45) is 0 Å². The highest BCUT2D eigenvalue weighted by molar-refractivity contribution is 9.10. The van der Waals surface area contributed by atoms with Gasteiger partial charge >= 0.3 is 5.82 Å². The van der Waals surface area contributed by atoms with Crippen molar-refractivity contribution in [2.75, 3.05) is 0 Å². The number of halogens is 1. The number of rotatable bonds is 0. The van der Waals surface area contributed by atoms with Crippen LogP contribution in [0.15, 0.2) is 46.9 Å². The van der Waals surface area contributed by atoms with Crippen LogP contribution in [0.5, 0.6) is 0 Å². The molecule has 0 spiro atoms. The molecule has 1 heterocycles. The van der Waals surface area contributed by atoms with Crippen molar-refractivity contribution < 1.29 is 0 Å². The molecular weight excluding hydrogens is 352 g/mol. The SMILES string of the molecule is [C-]#[N+]c1nc2c3ccccc3c3cc(Br)ccc3c2nc1C#N. The van der Waals surface area contributed by atoms with E-state index in [1.54, 1.807) is 0 Å². The van der Waals surface area contributed by atoms with Gasteiger partial charge in [0.2, 0.25) is 0 Å². The molecule has 0 unspecified atom stereocenters. The minimum absolute atomic E-state index is 0.0432. The van der Waals surface area contributed by atoms with Crippen LogP contribution in [0.2, 0.25) is 0 Å². The molecule has 0 amide bonds. The van der Waals surface area contributed by atoms with Crippen LogP contribution >= 0.6 is 15.9 Å². The van der Waals surface area contributed by atoms with Crippen molar-refractivity contribution in [3.05, 3.63) is 64.0 Å². The summed E-state index contributed by atoms with van der Waals surface area (Å²) in [5, 5.41) is 13.2.